The van der Waals surface area contributed by atoms with Crippen LogP contribution in [0.15, 0.2) is 18.3 Å². The van der Waals surface area contributed by atoms with E-state index in [0.717, 1.165) is 19.0 Å². The van der Waals surface area contributed by atoms with Crippen LogP contribution in [0.3, 0.4) is 0 Å². The van der Waals surface area contributed by atoms with E-state index in [0.29, 0.717) is 13.1 Å². The Morgan fingerprint density at radius 3 is 3.00 bits per heavy atom. The summed E-state index contributed by atoms with van der Waals surface area (Å²) in [6.45, 7) is 1.39. The minimum Gasteiger partial charge on any atom is -0.396 e. The maximum atomic E-state index is 13.2. The highest BCUT2D eigenvalue weighted by Gasteiger charge is 2.22. The van der Waals surface area contributed by atoms with Gasteiger partial charge in [0.1, 0.15) is 11.3 Å². The number of piperidine rings is 1. The van der Waals surface area contributed by atoms with Gasteiger partial charge in [-0.25, -0.2) is 4.39 Å². The lowest BCUT2D eigenvalue weighted by molar-refractivity contribution is 0.158. The number of likely N-dealkylation sites (tertiary alicyclic amines) is 1. The molecule has 98 valence electrons. The highest BCUT2D eigenvalue weighted by atomic mass is 19.1. The number of pyridine rings is 1. The van der Waals surface area contributed by atoms with Crippen LogP contribution in [0.4, 0.5) is 4.39 Å². The first-order valence-corrected chi connectivity index (χ1v) is 5.99. The summed E-state index contributed by atoms with van der Waals surface area (Å²) in [6, 6.07) is 2.54. The van der Waals surface area contributed by atoms with Gasteiger partial charge in [-0.3, -0.25) is 15.4 Å². The van der Waals surface area contributed by atoms with Gasteiger partial charge in [0.2, 0.25) is 5.96 Å². The fourth-order valence-electron chi connectivity index (χ4n) is 2.21. The Kier molecular flexibility index (Phi) is 3.76. The maximum Gasteiger partial charge on any atom is 0.203 e. The number of rotatable bonds is 1. The van der Waals surface area contributed by atoms with Gasteiger partial charge < -0.3 is 10.0 Å². The summed E-state index contributed by atoms with van der Waals surface area (Å²) >= 11 is 0. The first-order valence-electron chi connectivity index (χ1n) is 5.99. The first-order chi connectivity index (χ1) is 8.61. The van der Waals surface area contributed by atoms with Gasteiger partial charge in [-0.2, -0.15) is 0 Å². The van der Waals surface area contributed by atoms with Gasteiger partial charge in [0.15, 0.2) is 0 Å². The molecule has 1 saturated heterocycles. The molecular formula is C12H17FN4O. The van der Waals surface area contributed by atoms with Gasteiger partial charge in [0.25, 0.3) is 0 Å². The number of nitrogens with zero attached hydrogens (tertiary/aromatic N) is 2. The predicted molar refractivity (Wildman–Crippen MR) is 64.8 cm³/mol. The standard InChI is InChI=1S/C12H17FN4O/c13-10-3-4-11(14)17(7-10)12(15)16-5-1-2-9(6-16)8-18/h3-4,7,9,14-15,18H,1-2,5-6,8H2/t9-/m1/s1. The van der Waals surface area contributed by atoms with Crippen LogP contribution in [0.25, 0.3) is 0 Å². The molecule has 0 bridgehead atoms. The lowest BCUT2D eigenvalue weighted by Gasteiger charge is -2.33. The Morgan fingerprint density at radius 2 is 2.28 bits per heavy atom. The summed E-state index contributed by atoms with van der Waals surface area (Å²) in [7, 11) is 0. The van der Waals surface area contributed by atoms with Crippen molar-refractivity contribution in [1.29, 1.82) is 10.8 Å². The van der Waals surface area contributed by atoms with Crippen molar-refractivity contribution >= 4 is 5.96 Å². The average molecular weight is 252 g/mol. The molecule has 1 aromatic rings. The van der Waals surface area contributed by atoms with Crippen molar-refractivity contribution in [1.82, 2.24) is 9.47 Å². The SMILES string of the molecule is N=C(N1CCC[C@@H](CO)C1)n1cc(F)ccc1=N. The monoisotopic (exact) mass is 252 g/mol. The summed E-state index contributed by atoms with van der Waals surface area (Å²) in [6.07, 6.45) is 2.99. The molecule has 3 N–H and O–H groups in total. The molecule has 1 atom stereocenters. The first kappa shape index (κ1) is 12.8. The third-order valence-corrected chi connectivity index (χ3v) is 3.22. The molecule has 18 heavy (non-hydrogen) atoms. The van der Waals surface area contributed by atoms with Crippen molar-refractivity contribution in [3.05, 3.63) is 29.6 Å². The highest BCUT2D eigenvalue weighted by molar-refractivity contribution is 5.79. The van der Waals surface area contributed by atoms with Crippen LogP contribution >= 0.6 is 0 Å². The Bertz CT molecular complexity index is 499. The molecule has 6 heteroatoms. The lowest BCUT2D eigenvalue weighted by Crippen LogP contribution is -2.46. The van der Waals surface area contributed by atoms with E-state index < -0.39 is 5.82 Å². The van der Waals surface area contributed by atoms with Gasteiger partial charge in [-0.05, 0) is 30.9 Å². The molecule has 1 aliphatic rings. The number of aromatic nitrogens is 1. The van der Waals surface area contributed by atoms with E-state index >= 15 is 0 Å². The van der Waals surface area contributed by atoms with Crippen LogP contribution in [-0.2, 0) is 0 Å². The van der Waals surface area contributed by atoms with Gasteiger partial charge >= 0.3 is 0 Å². The van der Waals surface area contributed by atoms with Crippen molar-refractivity contribution in [3.8, 4) is 0 Å². The number of aliphatic hydroxyl groups excluding tert-OH is 1. The maximum absolute atomic E-state index is 13.2. The predicted octanol–water partition coefficient (Wildman–Crippen LogP) is 0.594. The number of hydrogen-bond donors (Lipinski definition) is 3. The number of halogens is 1. The molecule has 1 fully saturated rings. The Balaban J connectivity index is 2.20. The minimum atomic E-state index is -0.466. The molecule has 5 nitrogen and oxygen atoms in total. The largest absolute Gasteiger partial charge is 0.396 e. The average Bonchev–Trinajstić information content (AvgIpc) is 2.41. The summed E-state index contributed by atoms with van der Waals surface area (Å²) in [4.78, 5) is 1.78. The highest BCUT2D eigenvalue weighted by Crippen LogP contribution is 2.16. The third-order valence-electron chi connectivity index (χ3n) is 3.22. The van der Waals surface area contributed by atoms with E-state index in [1.54, 1.807) is 4.90 Å². The second-order valence-corrected chi connectivity index (χ2v) is 4.56. The quantitative estimate of drug-likeness (QED) is 0.505. The van der Waals surface area contributed by atoms with Gasteiger partial charge in [0.05, 0.1) is 0 Å². The van der Waals surface area contributed by atoms with E-state index in [1.165, 1.54) is 16.7 Å². The number of hydrogen-bond acceptors (Lipinski definition) is 3. The van der Waals surface area contributed by atoms with Crippen LogP contribution in [-0.4, -0.2) is 40.2 Å². The van der Waals surface area contributed by atoms with Crippen molar-refractivity contribution in [2.24, 2.45) is 5.92 Å². The molecule has 0 amide bonds. The number of aliphatic hydroxyl groups is 1. The summed E-state index contributed by atoms with van der Waals surface area (Å²) in [5, 5.41) is 24.9. The Hall–Kier alpha value is -1.69. The second kappa shape index (κ2) is 5.30. The van der Waals surface area contributed by atoms with Crippen LogP contribution < -0.4 is 5.49 Å². The van der Waals surface area contributed by atoms with Crippen molar-refractivity contribution in [2.75, 3.05) is 19.7 Å². The van der Waals surface area contributed by atoms with Crippen LogP contribution in [0.2, 0.25) is 0 Å². The zero-order valence-electron chi connectivity index (χ0n) is 10.1. The Morgan fingerprint density at radius 1 is 1.50 bits per heavy atom. The molecular weight excluding hydrogens is 235 g/mol. The fraction of sp³-hybridized carbons (Fsp3) is 0.500. The smallest absolute Gasteiger partial charge is 0.203 e. The summed E-state index contributed by atoms with van der Waals surface area (Å²) < 4.78 is 14.4. The molecule has 0 radical (unpaired) electrons. The van der Waals surface area contributed by atoms with Crippen molar-refractivity contribution in [3.63, 3.8) is 0 Å². The molecule has 0 aliphatic carbocycles. The topological polar surface area (TPSA) is 76.1 Å². The van der Waals surface area contributed by atoms with Gasteiger partial charge in [0, 0.05) is 25.9 Å². The normalized spacial score (nSPS) is 19.9. The zero-order valence-corrected chi connectivity index (χ0v) is 10.1. The Labute approximate surface area is 105 Å². The fourth-order valence-corrected chi connectivity index (χ4v) is 2.21. The van der Waals surface area contributed by atoms with Crippen LogP contribution in [0.5, 0.6) is 0 Å². The van der Waals surface area contributed by atoms with E-state index in [9.17, 15) is 4.39 Å². The van der Waals surface area contributed by atoms with E-state index in [2.05, 4.69) is 0 Å². The molecule has 0 saturated carbocycles. The van der Waals surface area contributed by atoms with Gasteiger partial charge in [-0.15, -0.1) is 0 Å². The van der Waals surface area contributed by atoms with Gasteiger partial charge in [-0.1, -0.05) is 0 Å². The molecule has 2 rings (SSSR count). The summed E-state index contributed by atoms with van der Waals surface area (Å²) in [5.74, 6) is -0.216. The molecule has 0 aromatic carbocycles. The summed E-state index contributed by atoms with van der Waals surface area (Å²) in [5.41, 5.74) is 0.0764. The van der Waals surface area contributed by atoms with E-state index in [1.807, 2.05) is 0 Å². The van der Waals surface area contributed by atoms with Crippen LogP contribution in [0.1, 0.15) is 12.8 Å². The second-order valence-electron chi connectivity index (χ2n) is 4.56. The third kappa shape index (κ3) is 2.59. The molecule has 1 aromatic heterocycles. The van der Waals surface area contributed by atoms with Crippen LogP contribution in [0, 0.1) is 22.6 Å². The molecule has 0 spiro atoms. The zero-order chi connectivity index (χ0) is 13.1. The molecule has 1 aliphatic heterocycles. The van der Waals surface area contributed by atoms with E-state index in [4.69, 9.17) is 15.9 Å². The molecule has 2 heterocycles. The minimum absolute atomic E-state index is 0.0764. The van der Waals surface area contributed by atoms with Crippen molar-refractivity contribution in [2.45, 2.75) is 12.8 Å². The number of nitrogens with one attached hydrogen (secondary N) is 2. The lowest BCUT2D eigenvalue weighted by atomic mass is 9.99. The van der Waals surface area contributed by atoms with E-state index in [-0.39, 0.29) is 24.0 Å². The van der Waals surface area contributed by atoms with Crippen molar-refractivity contribution < 1.29 is 9.50 Å². The molecule has 0 unspecified atom stereocenters.